The molecule has 0 bridgehead atoms. The van der Waals surface area contributed by atoms with Crippen LogP contribution in [0.3, 0.4) is 0 Å². The van der Waals surface area contributed by atoms with Gasteiger partial charge in [-0.15, -0.1) is 11.8 Å². The van der Waals surface area contributed by atoms with E-state index < -0.39 is 10.0 Å². The van der Waals surface area contributed by atoms with Crippen molar-refractivity contribution in [2.24, 2.45) is 0 Å². The molecule has 0 aliphatic carbocycles. The minimum Gasteiger partial charge on any atom is -0.469 e. The molecule has 2 rings (SSSR count). The van der Waals surface area contributed by atoms with Crippen molar-refractivity contribution in [3.05, 3.63) is 47.1 Å². The molecule has 0 spiro atoms. The van der Waals surface area contributed by atoms with Gasteiger partial charge in [0, 0.05) is 11.9 Å². The molecule has 1 heterocycles. The Hall–Kier alpha value is -1.77. The summed E-state index contributed by atoms with van der Waals surface area (Å²) in [6.07, 6.45) is 1.76. The molecule has 0 fully saturated rings. The Bertz CT molecular complexity index is 872. The number of benzene rings is 1. The highest BCUT2D eigenvalue weighted by Gasteiger charge is 2.20. The van der Waals surface area contributed by atoms with E-state index in [1.807, 2.05) is 0 Å². The lowest BCUT2D eigenvalue weighted by atomic mass is 10.2. The maximum atomic E-state index is 12.6. The van der Waals surface area contributed by atoms with E-state index in [0.717, 1.165) is 5.56 Å². The first-order valence-corrected chi connectivity index (χ1v) is 10.1. The molecule has 0 radical (unpaired) electrons. The number of hydrogen-bond acceptors (Lipinski definition) is 6. The zero-order valence-corrected chi connectivity index (χ0v) is 16.0. The van der Waals surface area contributed by atoms with E-state index >= 15 is 0 Å². The quantitative estimate of drug-likeness (QED) is 0.565. The van der Waals surface area contributed by atoms with Crippen molar-refractivity contribution in [2.45, 2.75) is 23.3 Å². The highest BCUT2D eigenvalue weighted by atomic mass is 35.5. The predicted octanol–water partition coefficient (Wildman–Crippen LogP) is 3.50. The van der Waals surface area contributed by atoms with E-state index in [1.54, 1.807) is 37.4 Å². The summed E-state index contributed by atoms with van der Waals surface area (Å²) in [5.41, 5.74) is 1.11. The minimum absolute atomic E-state index is 0.00327. The SMILES string of the molecule is COC(=O)CCSc1ncccc1NS(=O)(=O)c1cc(C)ccc1Cl. The van der Waals surface area contributed by atoms with Gasteiger partial charge in [-0.1, -0.05) is 17.7 Å². The molecular formula is C16H17ClN2O4S2. The Balaban J connectivity index is 2.22. The van der Waals surface area contributed by atoms with Crippen LogP contribution in [-0.4, -0.2) is 32.2 Å². The van der Waals surface area contributed by atoms with Crippen molar-refractivity contribution in [1.29, 1.82) is 0 Å². The third-order valence-corrected chi connectivity index (χ3v) is 6.02. The van der Waals surface area contributed by atoms with Crippen molar-refractivity contribution < 1.29 is 17.9 Å². The fraction of sp³-hybridized carbons (Fsp3) is 0.250. The lowest BCUT2D eigenvalue weighted by Crippen LogP contribution is -2.14. The molecule has 134 valence electrons. The van der Waals surface area contributed by atoms with Crippen LogP contribution in [0.1, 0.15) is 12.0 Å². The second-order valence-corrected chi connectivity index (χ2v) is 8.21. The largest absolute Gasteiger partial charge is 0.469 e. The molecule has 0 aliphatic rings. The fourth-order valence-corrected chi connectivity index (χ4v) is 4.52. The predicted molar refractivity (Wildman–Crippen MR) is 98.6 cm³/mol. The number of carbonyl (C=O) groups excluding carboxylic acids is 1. The number of nitrogens with zero attached hydrogens (tertiary/aromatic N) is 1. The van der Waals surface area contributed by atoms with Crippen LogP contribution in [0.4, 0.5) is 5.69 Å². The second kappa shape index (κ2) is 8.55. The summed E-state index contributed by atoms with van der Waals surface area (Å²) in [5, 5.41) is 0.612. The first-order chi connectivity index (χ1) is 11.8. The standard InChI is InChI=1S/C16H17ClN2O4S2/c1-11-5-6-12(17)14(10-11)25(21,22)19-13-4-3-8-18-16(13)24-9-7-15(20)23-2/h3-6,8,10,19H,7,9H2,1-2H3. The molecule has 25 heavy (non-hydrogen) atoms. The first kappa shape index (κ1) is 19.6. The fourth-order valence-electron chi connectivity index (χ4n) is 1.93. The van der Waals surface area contributed by atoms with E-state index in [2.05, 4.69) is 14.4 Å². The number of methoxy groups -OCH3 is 1. The van der Waals surface area contributed by atoms with Gasteiger partial charge in [-0.2, -0.15) is 0 Å². The number of ether oxygens (including phenoxy) is 1. The topological polar surface area (TPSA) is 85.4 Å². The van der Waals surface area contributed by atoms with Crippen LogP contribution in [0.5, 0.6) is 0 Å². The Labute approximate surface area is 156 Å². The molecular weight excluding hydrogens is 384 g/mol. The lowest BCUT2D eigenvalue weighted by molar-refractivity contribution is -0.140. The molecule has 0 atom stereocenters. The average Bonchev–Trinajstić information content (AvgIpc) is 2.58. The summed E-state index contributed by atoms with van der Waals surface area (Å²) in [4.78, 5) is 15.4. The highest BCUT2D eigenvalue weighted by Crippen LogP contribution is 2.29. The molecule has 0 amide bonds. The first-order valence-electron chi connectivity index (χ1n) is 7.27. The lowest BCUT2D eigenvalue weighted by Gasteiger charge is -2.12. The Morgan fingerprint density at radius 1 is 1.36 bits per heavy atom. The van der Waals surface area contributed by atoms with Crippen LogP contribution in [0.2, 0.25) is 5.02 Å². The van der Waals surface area contributed by atoms with E-state index in [1.165, 1.54) is 24.9 Å². The van der Waals surface area contributed by atoms with E-state index in [4.69, 9.17) is 11.6 Å². The number of sulfonamides is 1. The maximum Gasteiger partial charge on any atom is 0.306 e. The molecule has 0 saturated heterocycles. The van der Waals surface area contributed by atoms with Gasteiger partial charge in [-0.05, 0) is 36.8 Å². The van der Waals surface area contributed by atoms with Crippen molar-refractivity contribution >= 4 is 45.0 Å². The van der Waals surface area contributed by atoms with Gasteiger partial charge in [-0.25, -0.2) is 13.4 Å². The van der Waals surface area contributed by atoms with Crippen LogP contribution < -0.4 is 4.72 Å². The van der Waals surface area contributed by atoms with Crippen LogP contribution >= 0.6 is 23.4 Å². The van der Waals surface area contributed by atoms with Gasteiger partial charge in [0.05, 0.1) is 24.2 Å². The summed E-state index contributed by atoms with van der Waals surface area (Å²) in [6.45, 7) is 1.79. The number of nitrogens with one attached hydrogen (secondary N) is 1. The smallest absolute Gasteiger partial charge is 0.306 e. The zero-order valence-electron chi connectivity index (χ0n) is 13.7. The summed E-state index contributed by atoms with van der Waals surface area (Å²) < 4.78 is 32.4. The van der Waals surface area contributed by atoms with E-state index in [9.17, 15) is 13.2 Å². The summed E-state index contributed by atoms with van der Waals surface area (Å²) >= 11 is 7.29. The Morgan fingerprint density at radius 3 is 2.84 bits per heavy atom. The third kappa shape index (κ3) is 5.35. The number of aromatic nitrogens is 1. The third-order valence-electron chi connectivity index (χ3n) is 3.16. The number of aryl methyl sites for hydroxylation is 1. The van der Waals surface area contributed by atoms with E-state index in [0.29, 0.717) is 16.5 Å². The summed E-state index contributed by atoms with van der Waals surface area (Å²) in [5.74, 6) is 0.0842. The summed E-state index contributed by atoms with van der Waals surface area (Å²) in [7, 11) is -2.54. The number of halogens is 1. The van der Waals surface area contributed by atoms with Crippen LogP contribution in [0, 0.1) is 6.92 Å². The number of hydrogen-bond donors (Lipinski definition) is 1. The Morgan fingerprint density at radius 2 is 2.12 bits per heavy atom. The molecule has 6 nitrogen and oxygen atoms in total. The van der Waals surface area contributed by atoms with Crippen LogP contribution in [0.15, 0.2) is 46.5 Å². The van der Waals surface area contributed by atoms with Gasteiger partial charge < -0.3 is 4.74 Å². The van der Waals surface area contributed by atoms with Crippen LogP contribution in [-0.2, 0) is 19.6 Å². The number of anilines is 1. The number of esters is 1. The monoisotopic (exact) mass is 400 g/mol. The molecule has 0 aliphatic heterocycles. The normalized spacial score (nSPS) is 11.2. The van der Waals surface area contributed by atoms with Gasteiger partial charge in [0.15, 0.2) is 0 Å². The summed E-state index contributed by atoms with van der Waals surface area (Å²) in [6, 6.07) is 8.01. The van der Waals surface area contributed by atoms with Gasteiger partial charge in [-0.3, -0.25) is 9.52 Å². The molecule has 0 saturated carbocycles. The molecule has 1 aromatic carbocycles. The zero-order chi connectivity index (χ0) is 18.4. The van der Waals surface area contributed by atoms with E-state index in [-0.39, 0.29) is 22.3 Å². The molecule has 9 heteroatoms. The second-order valence-electron chi connectivity index (χ2n) is 5.07. The molecule has 1 N–H and O–H groups in total. The minimum atomic E-state index is -3.86. The van der Waals surface area contributed by atoms with Gasteiger partial charge >= 0.3 is 5.97 Å². The van der Waals surface area contributed by atoms with Crippen molar-refractivity contribution in [2.75, 3.05) is 17.6 Å². The number of carbonyl (C=O) groups is 1. The average molecular weight is 401 g/mol. The van der Waals surface area contributed by atoms with Crippen molar-refractivity contribution in [3.63, 3.8) is 0 Å². The van der Waals surface area contributed by atoms with Crippen molar-refractivity contribution in [3.8, 4) is 0 Å². The van der Waals surface area contributed by atoms with Gasteiger partial charge in [0.1, 0.15) is 9.92 Å². The van der Waals surface area contributed by atoms with Gasteiger partial charge in [0.2, 0.25) is 0 Å². The van der Waals surface area contributed by atoms with Crippen molar-refractivity contribution in [1.82, 2.24) is 4.98 Å². The highest BCUT2D eigenvalue weighted by molar-refractivity contribution is 7.99. The number of rotatable bonds is 7. The molecule has 2 aromatic rings. The maximum absolute atomic E-state index is 12.6. The number of thioether (sulfide) groups is 1. The van der Waals surface area contributed by atoms with Crippen LogP contribution in [0.25, 0.3) is 0 Å². The number of pyridine rings is 1. The molecule has 0 unspecified atom stereocenters. The Kier molecular flexibility index (Phi) is 6.69. The molecule has 1 aromatic heterocycles. The van der Waals surface area contributed by atoms with Gasteiger partial charge in [0.25, 0.3) is 10.0 Å².